The van der Waals surface area contributed by atoms with Crippen molar-refractivity contribution in [2.24, 2.45) is 0 Å². The van der Waals surface area contributed by atoms with Gasteiger partial charge in [0.1, 0.15) is 17.6 Å². The molecule has 0 bridgehead atoms. The molecule has 0 fully saturated rings. The van der Waals surface area contributed by atoms with Crippen LogP contribution in [-0.2, 0) is 17.4 Å². The normalized spacial score (nSPS) is 11.1. The molecule has 0 radical (unpaired) electrons. The number of ketones is 1. The quantitative estimate of drug-likeness (QED) is 0.194. The predicted molar refractivity (Wildman–Crippen MR) is 129 cm³/mol. The molecule has 0 aliphatic heterocycles. The van der Waals surface area contributed by atoms with Gasteiger partial charge in [-0.15, -0.1) is 0 Å². The lowest BCUT2D eigenvalue weighted by Gasteiger charge is -2.07. The summed E-state index contributed by atoms with van der Waals surface area (Å²) in [5.74, 6) is -0.373. The highest BCUT2D eigenvalue weighted by Gasteiger charge is 2.31. The van der Waals surface area contributed by atoms with E-state index in [1.165, 1.54) is 12.1 Å². The van der Waals surface area contributed by atoms with Gasteiger partial charge in [-0.1, -0.05) is 36.4 Å². The number of hydrogen-bond acceptors (Lipinski definition) is 4. The number of carbonyl (C=O) groups is 2. The molecule has 1 aromatic heterocycles. The van der Waals surface area contributed by atoms with Gasteiger partial charge in [-0.3, -0.25) is 4.79 Å². The number of aldehydes is 1. The highest BCUT2D eigenvalue weighted by atomic mass is 79.9. The van der Waals surface area contributed by atoms with Gasteiger partial charge in [0.05, 0.1) is 14.5 Å². The van der Waals surface area contributed by atoms with Gasteiger partial charge >= 0.3 is 6.18 Å². The van der Waals surface area contributed by atoms with Crippen LogP contribution in [0.4, 0.5) is 13.2 Å². The largest absolute Gasteiger partial charge is 0.506 e. The standard InChI is InChI=1S/C17H10BrF3O2.C8H7BrO2/c1-9-12-6-3-7-13(18)16(12)23-15(9)14(22)10-4-2-5-11(8-10)17(19,20)21;9-7-3-1-2-6(4-5-10)8(7)11/h2-8H,1H3;1-3,5,11H,4H2. The first-order valence-electron chi connectivity index (χ1n) is 9.84. The van der Waals surface area contributed by atoms with Crippen molar-refractivity contribution in [2.75, 3.05) is 0 Å². The van der Waals surface area contributed by atoms with Crippen molar-refractivity contribution < 1.29 is 32.3 Å². The number of carbonyl (C=O) groups excluding carboxylic acids is 2. The van der Waals surface area contributed by atoms with Crippen molar-refractivity contribution in [3.8, 4) is 5.75 Å². The van der Waals surface area contributed by atoms with E-state index < -0.39 is 17.5 Å². The molecular formula is C25H17Br2F3O4. The van der Waals surface area contributed by atoms with E-state index in [1.807, 2.05) is 0 Å². The Morgan fingerprint density at radius 3 is 2.32 bits per heavy atom. The summed E-state index contributed by atoms with van der Waals surface area (Å²) >= 11 is 6.48. The van der Waals surface area contributed by atoms with Crippen molar-refractivity contribution in [3.05, 3.63) is 97.6 Å². The number of alkyl halides is 3. The number of fused-ring (bicyclic) bond motifs is 1. The second-order valence-electron chi connectivity index (χ2n) is 7.20. The summed E-state index contributed by atoms with van der Waals surface area (Å²) in [6.07, 6.45) is -3.48. The smallest absolute Gasteiger partial charge is 0.416 e. The lowest BCUT2D eigenvalue weighted by molar-refractivity contribution is -0.137. The second-order valence-corrected chi connectivity index (χ2v) is 8.91. The zero-order chi connectivity index (χ0) is 25.0. The van der Waals surface area contributed by atoms with E-state index in [0.29, 0.717) is 25.7 Å². The van der Waals surface area contributed by atoms with Crippen LogP contribution in [0.2, 0.25) is 0 Å². The molecule has 34 heavy (non-hydrogen) atoms. The summed E-state index contributed by atoms with van der Waals surface area (Å²) in [7, 11) is 0. The molecule has 4 rings (SSSR count). The van der Waals surface area contributed by atoms with Crippen LogP contribution < -0.4 is 0 Å². The van der Waals surface area contributed by atoms with Crippen molar-refractivity contribution in [1.29, 1.82) is 0 Å². The first-order chi connectivity index (χ1) is 16.0. The molecule has 3 aromatic carbocycles. The summed E-state index contributed by atoms with van der Waals surface area (Å²) in [5.41, 5.74) is 0.829. The minimum Gasteiger partial charge on any atom is -0.506 e. The first-order valence-corrected chi connectivity index (χ1v) is 11.4. The van der Waals surface area contributed by atoms with Crippen LogP contribution in [0, 0.1) is 6.92 Å². The molecule has 1 heterocycles. The minimum absolute atomic E-state index is 0.0474. The Kier molecular flexibility index (Phi) is 7.99. The molecule has 0 spiro atoms. The maximum absolute atomic E-state index is 12.8. The number of phenols is 1. The topological polar surface area (TPSA) is 67.5 Å². The minimum atomic E-state index is -4.50. The van der Waals surface area contributed by atoms with Crippen LogP contribution in [0.1, 0.15) is 32.8 Å². The van der Waals surface area contributed by atoms with E-state index >= 15 is 0 Å². The van der Waals surface area contributed by atoms with Crippen LogP contribution in [0.15, 0.2) is 74.0 Å². The molecule has 176 valence electrons. The number of phenolic OH excluding ortho intramolecular Hbond substituents is 1. The van der Waals surface area contributed by atoms with Gasteiger partial charge in [0.2, 0.25) is 5.78 Å². The molecule has 0 unspecified atom stereocenters. The van der Waals surface area contributed by atoms with Gasteiger partial charge in [0.15, 0.2) is 5.76 Å². The number of aryl methyl sites for hydroxylation is 1. The van der Waals surface area contributed by atoms with Crippen molar-refractivity contribution in [2.45, 2.75) is 19.5 Å². The molecule has 0 aliphatic rings. The van der Waals surface area contributed by atoms with E-state index in [4.69, 9.17) is 4.42 Å². The summed E-state index contributed by atoms with van der Waals surface area (Å²) in [6, 6.07) is 14.9. The molecule has 0 atom stereocenters. The number of aromatic hydroxyl groups is 1. The molecular weight excluding hydrogens is 581 g/mol. The van der Waals surface area contributed by atoms with Crippen molar-refractivity contribution in [1.82, 2.24) is 0 Å². The Bertz CT molecular complexity index is 1360. The summed E-state index contributed by atoms with van der Waals surface area (Å²) in [6.45, 7) is 1.71. The van der Waals surface area contributed by atoms with Crippen molar-refractivity contribution >= 4 is 54.9 Å². The molecule has 0 saturated carbocycles. The summed E-state index contributed by atoms with van der Waals surface area (Å²) in [4.78, 5) is 22.7. The Morgan fingerprint density at radius 2 is 1.68 bits per heavy atom. The van der Waals surface area contributed by atoms with Gasteiger partial charge in [-0.2, -0.15) is 13.2 Å². The molecule has 0 aliphatic carbocycles. The number of halogens is 5. The van der Waals surface area contributed by atoms with Gasteiger partial charge in [-0.25, -0.2) is 0 Å². The highest BCUT2D eigenvalue weighted by Crippen LogP contribution is 2.34. The SMILES string of the molecule is Cc1c(C(=O)c2cccc(C(F)(F)F)c2)oc2c(Br)cccc12.O=CCc1cccc(Br)c1O. The Hall–Kier alpha value is -2.91. The first kappa shape index (κ1) is 25.7. The third-order valence-corrected chi connectivity index (χ3v) is 6.21. The van der Waals surface area contributed by atoms with Crippen LogP contribution >= 0.6 is 31.9 Å². The van der Waals surface area contributed by atoms with Crippen molar-refractivity contribution in [3.63, 3.8) is 0 Å². The van der Waals surface area contributed by atoms with E-state index in [0.717, 1.165) is 23.8 Å². The average Bonchev–Trinajstić information content (AvgIpc) is 3.14. The summed E-state index contributed by atoms with van der Waals surface area (Å²) in [5, 5.41) is 10.1. The predicted octanol–water partition coefficient (Wildman–Crippen LogP) is 7.65. The fourth-order valence-electron chi connectivity index (χ4n) is 3.21. The molecule has 4 nitrogen and oxygen atoms in total. The fraction of sp³-hybridized carbons (Fsp3) is 0.120. The Balaban J connectivity index is 0.000000248. The number of hydrogen-bond donors (Lipinski definition) is 1. The van der Waals surface area contributed by atoms with Crippen LogP contribution in [0.25, 0.3) is 11.0 Å². The lowest BCUT2D eigenvalue weighted by atomic mass is 10.0. The number of rotatable bonds is 4. The summed E-state index contributed by atoms with van der Waals surface area (Å²) < 4.78 is 45.3. The average molecular weight is 598 g/mol. The van der Waals surface area contributed by atoms with Gasteiger partial charge in [0, 0.05) is 28.5 Å². The molecule has 0 amide bonds. The molecule has 0 saturated heterocycles. The third kappa shape index (κ3) is 5.59. The lowest BCUT2D eigenvalue weighted by Crippen LogP contribution is -2.08. The van der Waals surface area contributed by atoms with Gasteiger partial charge in [-0.05, 0) is 63.0 Å². The molecule has 4 aromatic rings. The third-order valence-electron chi connectivity index (χ3n) is 4.95. The van der Waals surface area contributed by atoms with E-state index in [-0.39, 0.29) is 23.5 Å². The number of para-hydroxylation sites is 2. The maximum atomic E-state index is 12.8. The van der Waals surface area contributed by atoms with Gasteiger partial charge < -0.3 is 14.3 Å². The van der Waals surface area contributed by atoms with E-state index in [2.05, 4.69) is 31.9 Å². The second kappa shape index (κ2) is 10.6. The zero-order valence-corrected chi connectivity index (χ0v) is 20.8. The van der Waals surface area contributed by atoms with Gasteiger partial charge in [0.25, 0.3) is 0 Å². The maximum Gasteiger partial charge on any atom is 0.416 e. The van der Waals surface area contributed by atoms with Crippen LogP contribution in [-0.4, -0.2) is 17.2 Å². The highest BCUT2D eigenvalue weighted by molar-refractivity contribution is 9.11. The Morgan fingerprint density at radius 1 is 1.03 bits per heavy atom. The fourth-order valence-corrected chi connectivity index (χ4v) is 4.06. The Labute approximate surface area is 209 Å². The number of furan rings is 1. The van der Waals surface area contributed by atoms with E-state index in [9.17, 15) is 27.9 Å². The van der Waals surface area contributed by atoms with Crippen LogP contribution in [0.3, 0.4) is 0 Å². The molecule has 1 N–H and O–H groups in total. The number of benzene rings is 3. The van der Waals surface area contributed by atoms with Crippen LogP contribution in [0.5, 0.6) is 5.75 Å². The van der Waals surface area contributed by atoms with E-state index in [1.54, 1.807) is 43.3 Å². The zero-order valence-electron chi connectivity index (χ0n) is 17.6. The monoisotopic (exact) mass is 596 g/mol. The molecule has 9 heteroatoms.